The van der Waals surface area contributed by atoms with Crippen molar-refractivity contribution in [1.29, 1.82) is 0 Å². The van der Waals surface area contributed by atoms with Crippen molar-refractivity contribution >= 4 is 11.8 Å². The SMILES string of the molecule is NCC#Cc1cccnc1C(=O)N1CCC(C(N)=O)CC1. The highest BCUT2D eigenvalue weighted by atomic mass is 16.2. The Bertz CT molecular complexity index is 595. The molecule has 0 saturated carbocycles. The van der Waals surface area contributed by atoms with Gasteiger partial charge in [-0.2, -0.15) is 0 Å². The lowest BCUT2D eigenvalue weighted by atomic mass is 9.96. The average molecular weight is 286 g/mol. The third-order valence-electron chi connectivity index (χ3n) is 3.52. The molecule has 1 saturated heterocycles. The van der Waals surface area contributed by atoms with Crippen molar-refractivity contribution < 1.29 is 9.59 Å². The van der Waals surface area contributed by atoms with Crippen LogP contribution in [0.4, 0.5) is 0 Å². The van der Waals surface area contributed by atoms with E-state index in [0.29, 0.717) is 37.2 Å². The van der Waals surface area contributed by atoms with E-state index in [1.807, 2.05) is 0 Å². The predicted molar refractivity (Wildman–Crippen MR) is 78.0 cm³/mol. The standard InChI is InChI=1S/C15H18N4O2/c16-7-1-3-11-4-2-8-18-13(11)15(21)19-9-5-12(6-10-19)14(17)20/h2,4,8,12H,5-7,9-10,16H2,(H2,17,20). The normalized spacial score (nSPS) is 15.2. The van der Waals surface area contributed by atoms with Gasteiger partial charge < -0.3 is 16.4 Å². The van der Waals surface area contributed by atoms with Crippen molar-refractivity contribution in [3.8, 4) is 11.8 Å². The number of piperidine rings is 1. The summed E-state index contributed by atoms with van der Waals surface area (Å²) in [5.74, 6) is 4.98. The van der Waals surface area contributed by atoms with Gasteiger partial charge in [0.2, 0.25) is 5.91 Å². The van der Waals surface area contributed by atoms with Crippen LogP contribution >= 0.6 is 0 Å². The molecule has 21 heavy (non-hydrogen) atoms. The average Bonchev–Trinajstić information content (AvgIpc) is 2.52. The number of hydrogen-bond donors (Lipinski definition) is 2. The smallest absolute Gasteiger partial charge is 0.273 e. The molecule has 1 aromatic heterocycles. The lowest BCUT2D eigenvalue weighted by molar-refractivity contribution is -0.123. The minimum Gasteiger partial charge on any atom is -0.369 e. The molecule has 6 nitrogen and oxygen atoms in total. The predicted octanol–water partition coefficient (Wildman–Crippen LogP) is -0.271. The number of hydrogen-bond acceptors (Lipinski definition) is 4. The number of carbonyl (C=O) groups is 2. The largest absolute Gasteiger partial charge is 0.369 e. The fourth-order valence-electron chi connectivity index (χ4n) is 2.34. The van der Waals surface area contributed by atoms with Gasteiger partial charge in [-0.05, 0) is 25.0 Å². The van der Waals surface area contributed by atoms with Crippen LogP contribution in [-0.4, -0.2) is 41.3 Å². The van der Waals surface area contributed by atoms with Gasteiger partial charge in [0.25, 0.3) is 5.91 Å². The molecular formula is C15H18N4O2. The number of rotatable bonds is 2. The highest BCUT2D eigenvalue weighted by Gasteiger charge is 2.27. The van der Waals surface area contributed by atoms with Crippen molar-refractivity contribution in [3.63, 3.8) is 0 Å². The number of nitrogens with two attached hydrogens (primary N) is 2. The van der Waals surface area contributed by atoms with Crippen molar-refractivity contribution in [1.82, 2.24) is 9.88 Å². The summed E-state index contributed by atoms with van der Waals surface area (Å²) >= 11 is 0. The monoisotopic (exact) mass is 286 g/mol. The van der Waals surface area contributed by atoms with Gasteiger partial charge >= 0.3 is 0 Å². The van der Waals surface area contributed by atoms with Crippen LogP contribution in [0.3, 0.4) is 0 Å². The summed E-state index contributed by atoms with van der Waals surface area (Å²) < 4.78 is 0. The summed E-state index contributed by atoms with van der Waals surface area (Å²) in [6, 6.07) is 3.48. The molecule has 110 valence electrons. The number of likely N-dealkylation sites (tertiary alicyclic amines) is 1. The summed E-state index contributed by atoms with van der Waals surface area (Å²) in [7, 11) is 0. The van der Waals surface area contributed by atoms with Crippen molar-refractivity contribution in [2.24, 2.45) is 17.4 Å². The molecule has 1 aromatic rings. The molecule has 0 radical (unpaired) electrons. The van der Waals surface area contributed by atoms with E-state index >= 15 is 0 Å². The summed E-state index contributed by atoms with van der Waals surface area (Å²) in [5, 5.41) is 0. The van der Waals surface area contributed by atoms with Crippen LogP contribution in [-0.2, 0) is 4.79 Å². The second-order valence-electron chi connectivity index (χ2n) is 4.87. The first kappa shape index (κ1) is 15.0. The van der Waals surface area contributed by atoms with Crippen LogP contribution < -0.4 is 11.5 Å². The quantitative estimate of drug-likeness (QED) is 0.730. The molecule has 1 aliphatic rings. The second-order valence-corrected chi connectivity index (χ2v) is 4.87. The third kappa shape index (κ3) is 3.58. The summed E-state index contributed by atoms with van der Waals surface area (Å²) in [5.41, 5.74) is 11.6. The number of aromatic nitrogens is 1. The first-order valence-corrected chi connectivity index (χ1v) is 6.86. The first-order valence-electron chi connectivity index (χ1n) is 6.86. The van der Waals surface area contributed by atoms with E-state index < -0.39 is 0 Å². The van der Waals surface area contributed by atoms with E-state index in [0.717, 1.165) is 0 Å². The number of primary amides is 1. The van der Waals surface area contributed by atoms with Gasteiger partial charge in [-0.1, -0.05) is 11.8 Å². The van der Waals surface area contributed by atoms with Crippen LogP contribution in [0.2, 0.25) is 0 Å². The molecule has 0 atom stereocenters. The van der Waals surface area contributed by atoms with Crippen molar-refractivity contribution in [3.05, 3.63) is 29.6 Å². The van der Waals surface area contributed by atoms with Crippen LogP contribution in [0.15, 0.2) is 18.3 Å². The molecule has 2 amide bonds. The second kappa shape index (κ2) is 6.86. The van der Waals surface area contributed by atoms with Gasteiger partial charge in [-0.3, -0.25) is 9.59 Å². The fourth-order valence-corrected chi connectivity index (χ4v) is 2.34. The molecule has 0 bridgehead atoms. The minimum absolute atomic E-state index is 0.144. The Morgan fingerprint density at radius 3 is 2.71 bits per heavy atom. The van der Waals surface area contributed by atoms with Gasteiger partial charge in [0, 0.05) is 25.2 Å². The van der Waals surface area contributed by atoms with E-state index in [1.54, 1.807) is 23.2 Å². The summed E-state index contributed by atoms with van der Waals surface area (Å²) in [6.07, 6.45) is 2.76. The summed E-state index contributed by atoms with van der Waals surface area (Å²) in [6.45, 7) is 1.24. The lowest BCUT2D eigenvalue weighted by Crippen LogP contribution is -2.42. The molecule has 0 aliphatic carbocycles. The van der Waals surface area contributed by atoms with Gasteiger partial charge in [0.15, 0.2) is 0 Å². The van der Waals surface area contributed by atoms with Gasteiger partial charge in [0.05, 0.1) is 12.1 Å². The molecule has 0 spiro atoms. The topological polar surface area (TPSA) is 102 Å². The molecule has 0 aromatic carbocycles. The number of nitrogens with zero attached hydrogens (tertiary/aromatic N) is 2. The Morgan fingerprint density at radius 1 is 1.38 bits per heavy atom. The summed E-state index contributed by atoms with van der Waals surface area (Å²) in [4.78, 5) is 29.5. The molecule has 2 rings (SSSR count). The van der Waals surface area contributed by atoms with E-state index in [4.69, 9.17) is 11.5 Å². The first-order chi connectivity index (χ1) is 10.1. The number of pyridine rings is 1. The molecule has 0 unspecified atom stereocenters. The Kier molecular flexibility index (Phi) is 4.90. The highest BCUT2D eigenvalue weighted by Crippen LogP contribution is 2.19. The van der Waals surface area contributed by atoms with Gasteiger partial charge in [-0.25, -0.2) is 4.98 Å². The maximum atomic E-state index is 12.5. The molecular weight excluding hydrogens is 268 g/mol. The Labute approximate surface area is 123 Å². The highest BCUT2D eigenvalue weighted by molar-refractivity contribution is 5.95. The number of carbonyl (C=O) groups excluding carboxylic acids is 2. The maximum Gasteiger partial charge on any atom is 0.273 e. The zero-order chi connectivity index (χ0) is 15.2. The minimum atomic E-state index is -0.297. The molecule has 1 aliphatic heterocycles. The fraction of sp³-hybridized carbons (Fsp3) is 0.400. The van der Waals surface area contributed by atoms with Crippen molar-refractivity contribution in [2.45, 2.75) is 12.8 Å². The zero-order valence-electron chi connectivity index (χ0n) is 11.7. The van der Waals surface area contributed by atoms with Crippen LogP contribution in [0, 0.1) is 17.8 Å². The van der Waals surface area contributed by atoms with E-state index in [2.05, 4.69) is 16.8 Å². The molecule has 1 fully saturated rings. The van der Waals surface area contributed by atoms with Crippen LogP contribution in [0.25, 0.3) is 0 Å². The molecule has 6 heteroatoms. The van der Waals surface area contributed by atoms with E-state index in [9.17, 15) is 9.59 Å². The van der Waals surface area contributed by atoms with Crippen LogP contribution in [0.5, 0.6) is 0 Å². The number of amides is 2. The Hall–Kier alpha value is -2.39. The Morgan fingerprint density at radius 2 is 2.10 bits per heavy atom. The molecule has 4 N–H and O–H groups in total. The van der Waals surface area contributed by atoms with Crippen molar-refractivity contribution in [2.75, 3.05) is 19.6 Å². The van der Waals surface area contributed by atoms with E-state index in [-0.39, 0.29) is 24.3 Å². The van der Waals surface area contributed by atoms with Gasteiger partial charge in [-0.15, -0.1) is 0 Å². The third-order valence-corrected chi connectivity index (χ3v) is 3.52. The lowest BCUT2D eigenvalue weighted by Gasteiger charge is -2.30. The van der Waals surface area contributed by atoms with Crippen LogP contribution in [0.1, 0.15) is 28.9 Å². The maximum absolute atomic E-state index is 12.5. The van der Waals surface area contributed by atoms with E-state index in [1.165, 1.54) is 0 Å². The Balaban J connectivity index is 2.13. The zero-order valence-corrected chi connectivity index (χ0v) is 11.7. The molecule has 2 heterocycles. The van der Waals surface area contributed by atoms with Gasteiger partial charge in [0.1, 0.15) is 5.69 Å².